The summed E-state index contributed by atoms with van der Waals surface area (Å²) in [6.45, 7) is 1.99. The molecule has 7 nitrogen and oxygen atoms in total. The molecule has 0 saturated heterocycles. The Hall–Kier alpha value is -3.13. The van der Waals surface area contributed by atoms with E-state index in [1.165, 1.54) is 0 Å². The first-order chi connectivity index (χ1) is 12.6. The topological polar surface area (TPSA) is 97.1 Å². The van der Waals surface area contributed by atoms with E-state index in [4.69, 9.17) is 4.42 Å². The average Bonchev–Trinajstić information content (AvgIpc) is 3.14. The lowest BCUT2D eigenvalue weighted by atomic mass is 10.1. The molecule has 2 N–H and O–H groups in total. The van der Waals surface area contributed by atoms with Gasteiger partial charge >= 0.3 is 0 Å². The first kappa shape index (κ1) is 17.7. The predicted octanol–water partition coefficient (Wildman–Crippen LogP) is 2.60. The number of thioether (sulfide) groups is 1. The number of benzene rings is 2. The number of carbonyl (C=O) groups is 2. The number of nitrogens with one attached hydrogen (secondary N) is 2. The molecule has 0 aliphatic carbocycles. The fraction of sp³-hybridized carbons (Fsp3) is 0.111. The molecule has 0 saturated carbocycles. The number of carbonyl (C=O) groups excluding carboxylic acids is 2. The summed E-state index contributed by atoms with van der Waals surface area (Å²) in [7, 11) is 0. The van der Waals surface area contributed by atoms with Crippen molar-refractivity contribution < 1.29 is 14.0 Å². The Kier molecular flexibility index (Phi) is 5.65. The van der Waals surface area contributed by atoms with E-state index in [0.29, 0.717) is 11.5 Å². The summed E-state index contributed by atoms with van der Waals surface area (Å²) in [6.07, 6.45) is 0. The zero-order valence-corrected chi connectivity index (χ0v) is 14.7. The van der Waals surface area contributed by atoms with E-state index in [0.717, 1.165) is 22.9 Å². The lowest BCUT2D eigenvalue weighted by Gasteiger charge is -2.06. The van der Waals surface area contributed by atoms with Crippen molar-refractivity contribution in [2.75, 3.05) is 5.75 Å². The summed E-state index contributed by atoms with van der Waals surface area (Å²) in [6, 6.07) is 16.3. The maximum absolute atomic E-state index is 11.8. The Morgan fingerprint density at radius 3 is 2.46 bits per heavy atom. The Bertz CT molecular complexity index is 894. The van der Waals surface area contributed by atoms with Gasteiger partial charge in [-0.15, -0.1) is 10.2 Å². The summed E-state index contributed by atoms with van der Waals surface area (Å²) in [5.74, 6) is -0.340. The average molecular weight is 368 g/mol. The van der Waals surface area contributed by atoms with Crippen molar-refractivity contribution >= 4 is 23.6 Å². The molecular formula is C18H16N4O3S. The second-order valence-electron chi connectivity index (χ2n) is 5.40. The molecular weight excluding hydrogens is 352 g/mol. The van der Waals surface area contributed by atoms with Crippen LogP contribution in [0.5, 0.6) is 0 Å². The van der Waals surface area contributed by atoms with Crippen LogP contribution in [0.4, 0.5) is 0 Å². The lowest BCUT2D eigenvalue weighted by molar-refractivity contribution is -0.119. The van der Waals surface area contributed by atoms with E-state index in [9.17, 15) is 9.59 Å². The second-order valence-corrected chi connectivity index (χ2v) is 6.32. The van der Waals surface area contributed by atoms with Gasteiger partial charge in [-0.3, -0.25) is 20.4 Å². The van der Waals surface area contributed by atoms with Gasteiger partial charge in [0.1, 0.15) is 0 Å². The van der Waals surface area contributed by atoms with Gasteiger partial charge in [-0.05, 0) is 31.2 Å². The lowest BCUT2D eigenvalue weighted by Crippen LogP contribution is -2.42. The van der Waals surface area contributed by atoms with Crippen molar-refractivity contribution in [3.63, 3.8) is 0 Å². The number of rotatable bonds is 5. The van der Waals surface area contributed by atoms with Crippen LogP contribution >= 0.6 is 11.8 Å². The first-order valence-electron chi connectivity index (χ1n) is 7.79. The molecule has 8 heteroatoms. The number of aryl methyl sites for hydroxylation is 1. The zero-order chi connectivity index (χ0) is 18.4. The van der Waals surface area contributed by atoms with E-state index in [2.05, 4.69) is 21.0 Å². The van der Waals surface area contributed by atoms with Gasteiger partial charge < -0.3 is 4.42 Å². The summed E-state index contributed by atoms with van der Waals surface area (Å²) in [4.78, 5) is 23.7. The van der Waals surface area contributed by atoms with E-state index in [1.54, 1.807) is 30.3 Å². The number of nitrogens with zero attached hydrogens (tertiary/aromatic N) is 2. The molecule has 3 aromatic rings. The van der Waals surface area contributed by atoms with Crippen molar-refractivity contribution in [2.24, 2.45) is 0 Å². The van der Waals surface area contributed by atoms with Crippen molar-refractivity contribution in [1.82, 2.24) is 21.0 Å². The van der Waals surface area contributed by atoms with Crippen molar-refractivity contribution in [3.8, 4) is 11.5 Å². The molecule has 0 spiro atoms. The fourth-order valence-electron chi connectivity index (χ4n) is 2.03. The van der Waals surface area contributed by atoms with Crippen LogP contribution in [0.15, 0.2) is 64.2 Å². The third-order valence-corrected chi connectivity index (χ3v) is 4.20. The van der Waals surface area contributed by atoms with Gasteiger partial charge in [0.05, 0.1) is 5.75 Å². The first-order valence-corrected chi connectivity index (χ1v) is 8.78. The third kappa shape index (κ3) is 4.70. The molecule has 2 amide bonds. The number of hydrogen-bond donors (Lipinski definition) is 2. The number of hydrazine groups is 1. The van der Waals surface area contributed by atoms with Crippen LogP contribution in [0.2, 0.25) is 0 Å². The van der Waals surface area contributed by atoms with Gasteiger partial charge in [-0.2, -0.15) is 0 Å². The molecule has 3 rings (SSSR count). The van der Waals surface area contributed by atoms with Crippen LogP contribution in [-0.4, -0.2) is 27.8 Å². The molecule has 0 aliphatic rings. The van der Waals surface area contributed by atoms with Crippen LogP contribution in [0.3, 0.4) is 0 Å². The van der Waals surface area contributed by atoms with E-state index in [1.807, 2.05) is 31.2 Å². The second kappa shape index (κ2) is 8.30. The molecule has 0 aliphatic heterocycles. The van der Waals surface area contributed by atoms with Crippen LogP contribution in [0, 0.1) is 6.92 Å². The highest BCUT2D eigenvalue weighted by atomic mass is 32.2. The van der Waals surface area contributed by atoms with Gasteiger partial charge in [0, 0.05) is 11.1 Å². The normalized spacial score (nSPS) is 10.3. The predicted molar refractivity (Wildman–Crippen MR) is 97.2 cm³/mol. The highest BCUT2D eigenvalue weighted by molar-refractivity contribution is 7.99. The van der Waals surface area contributed by atoms with Crippen LogP contribution < -0.4 is 10.9 Å². The maximum Gasteiger partial charge on any atom is 0.277 e. The Labute approximate surface area is 154 Å². The minimum Gasteiger partial charge on any atom is -0.411 e. The third-order valence-electron chi connectivity index (χ3n) is 3.38. The molecule has 0 unspecified atom stereocenters. The smallest absolute Gasteiger partial charge is 0.277 e. The van der Waals surface area contributed by atoms with E-state index < -0.39 is 0 Å². The highest BCUT2D eigenvalue weighted by Gasteiger charge is 2.12. The molecule has 2 aromatic carbocycles. The molecule has 0 fully saturated rings. The summed E-state index contributed by atoms with van der Waals surface area (Å²) in [5, 5.41) is 8.16. The molecule has 0 radical (unpaired) electrons. The summed E-state index contributed by atoms with van der Waals surface area (Å²) >= 11 is 1.09. The Morgan fingerprint density at radius 1 is 1.00 bits per heavy atom. The van der Waals surface area contributed by atoms with Gasteiger partial charge in [0.15, 0.2) is 0 Å². The molecule has 0 atom stereocenters. The number of aromatic nitrogens is 2. The van der Waals surface area contributed by atoms with Gasteiger partial charge in [0.25, 0.3) is 11.1 Å². The molecule has 26 heavy (non-hydrogen) atoms. The molecule has 132 valence electrons. The number of hydrogen-bond acceptors (Lipinski definition) is 6. The van der Waals surface area contributed by atoms with Crippen LogP contribution in [0.1, 0.15) is 15.9 Å². The van der Waals surface area contributed by atoms with Crippen LogP contribution in [-0.2, 0) is 4.79 Å². The van der Waals surface area contributed by atoms with E-state index >= 15 is 0 Å². The van der Waals surface area contributed by atoms with Crippen molar-refractivity contribution in [2.45, 2.75) is 12.1 Å². The Balaban J connectivity index is 1.47. The molecule has 0 bridgehead atoms. The summed E-state index contributed by atoms with van der Waals surface area (Å²) < 4.78 is 5.53. The Morgan fingerprint density at radius 2 is 1.73 bits per heavy atom. The van der Waals surface area contributed by atoms with E-state index in [-0.39, 0.29) is 22.8 Å². The zero-order valence-electron chi connectivity index (χ0n) is 13.9. The van der Waals surface area contributed by atoms with Crippen molar-refractivity contribution in [3.05, 3.63) is 65.7 Å². The van der Waals surface area contributed by atoms with Crippen LogP contribution in [0.25, 0.3) is 11.5 Å². The summed E-state index contributed by atoms with van der Waals surface area (Å²) in [5.41, 5.74) is 7.11. The highest BCUT2D eigenvalue weighted by Crippen LogP contribution is 2.23. The molecule has 1 aromatic heterocycles. The largest absolute Gasteiger partial charge is 0.411 e. The van der Waals surface area contributed by atoms with Gasteiger partial charge in [-0.1, -0.05) is 47.7 Å². The minimum atomic E-state index is -0.386. The SMILES string of the molecule is Cc1ccc(-c2nnc(SCC(=O)NNC(=O)c3ccccc3)o2)cc1. The maximum atomic E-state index is 11.8. The standard InChI is InChI=1S/C18H16N4O3S/c1-12-7-9-14(10-8-12)17-21-22-18(25-17)26-11-15(23)19-20-16(24)13-5-3-2-4-6-13/h2-10H,11H2,1H3,(H,19,23)(H,20,24). The minimum absolute atomic E-state index is 0.0323. The van der Waals surface area contributed by atoms with Gasteiger partial charge in [0.2, 0.25) is 11.8 Å². The molecule has 1 heterocycles. The number of amides is 2. The fourth-order valence-corrected chi connectivity index (χ4v) is 2.60. The van der Waals surface area contributed by atoms with Crippen molar-refractivity contribution in [1.29, 1.82) is 0 Å². The quantitative estimate of drug-likeness (QED) is 0.531. The van der Waals surface area contributed by atoms with Gasteiger partial charge in [-0.25, -0.2) is 0 Å². The monoisotopic (exact) mass is 368 g/mol.